The molecular formula is C26H28Cl2N2O3S. The maximum Gasteiger partial charge on any atom is 0.273 e. The largest absolute Gasteiger partial charge is 0.469 e. The molecule has 4 aliphatic carbocycles. The lowest BCUT2D eigenvalue weighted by molar-refractivity contribution is -0.0813. The molecule has 4 aliphatic rings. The maximum atomic E-state index is 6.50. The van der Waals surface area contributed by atoms with E-state index in [1.54, 1.807) is 17.5 Å². The Labute approximate surface area is 213 Å². The van der Waals surface area contributed by atoms with Crippen molar-refractivity contribution in [3.05, 3.63) is 51.1 Å². The van der Waals surface area contributed by atoms with E-state index in [-0.39, 0.29) is 5.41 Å². The summed E-state index contributed by atoms with van der Waals surface area (Å²) in [5.74, 6) is 1.37. The highest BCUT2D eigenvalue weighted by molar-refractivity contribution is 7.11. The van der Waals surface area contributed by atoms with E-state index < -0.39 is 0 Å². The highest BCUT2D eigenvalue weighted by Crippen LogP contribution is 2.57. The van der Waals surface area contributed by atoms with Crippen LogP contribution in [0.15, 0.2) is 34.3 Å². The van der Waals surface area contributed by atoms with Gasteiger partial charge in [0.1, 0.15) is 11.5 Å². The van der Waals surface area contributed by atoms with Crippen molar-refractivity contribution >= 4 is 34.5 Å². The molecule has 2 aromatic heterocycles. The number of nitrogens with zero attached hydrogens (tertiary/aromatic N) is 2. The molecule has 180 valence electrons. The first-order valence-electron chi connectivity index (χ1n) is 12.1. The number of thiazole rings is 1. The second-order valence-corrected chi connectivity index (χ2v) is 12.0. The first-order valence-corrected chi connectivity index (χ1v) is 13.7. The number of fused-ring (bicyclic) bond motifs is 3. The van der Waals surface area contributed by atoms with Crippen molar-refractivity contribution in [2.24, 2.45) is 10.8 Å². The van der Waals surface area contributed by atoms with Gasteiger partial charge in [-0.2, -0.15) is 0 Å². The molecule has 2 bridgehead atoms. The minimum atomic E-state index is 0.266. The summed E-state index contributed by atoms with van der Waals surface area (Å²) >= 11 is 14.6. The minimum Gasteiger partial charge on any atom is -0.469 e. The fourth-order valence-electron chi connectivity index (χ4n) is 5.69. The van der Waals surface area contributed by atoms with Crippen molar-refractivity contribution in [1.82, 2.24) is 10.1 Å². The number of aromatic nitrogens is 2. The van der Waals surface area contributed by atoms with E-state index >= 15 is 0 Å². The van der Waals surface area contributed by atoms with Gasteiger partial charge in [-0.3, -0.25) is 0 Å². The van der Waals surface area contributed by atoms with Gasteiger partial charge in [-0.25, -0.2) is 4.98 Å². The number of halogens is 2. The lowest BCUT2D eigenvalue weighted by atomic mass is 9.54. The monoisotopic (exact) mass is 518 g/mol. The molecular weight excluding hydrogens is 491 g/mol. The third-order valence-electron chi connectivity index (χ3n) is 8.09. The second kappa shape index (κ2) is 9.12. The molecule has 0 atom stereocenters. The Hall–Kier alpha value is -1.60. The maximum absolute atomic E-state index is 6.50. The van der Waals surface area contributed by atoms with Crippen molar-refractivity contribution in [3.8, 4) is 16.5 Å². The summed E-state index contributed by atoms with van der Waals surface area (Å²) in [5.41, 5.74) is 3.03. The molecule has 34 heavy (non-hydrogen) atoms. The van der Waals surface area contributed by atoms with Gasteiger partial charge in [0.25, 0.3) is 5.19 Å². The normalized spacial score (nSPS) is 26.2. The average Bonchev–Trinajstić information content (AvgIpc) is 3.40. The number of benzene rings is 1. The summed E-state index contributed by atoms with van der Waals surface area (Å²) in [4.78, 5) is 4.27. The van der Waals surface area contributed by atoms with Crippen LogP contribution in [0.1, 0.15) is 68.6 Å². The van der Waals surface area contributed by atoms with Gasteiger partial charge in [0.05, 0.1) is 29.9 Å². The van der Waals surface area contributed by atoms with E-state index in [4.69, 9.17) is 37.2 Å². The number of ether oxygens (including phenoxy) is 2. The van der Waals surface area contributed by atoms with Gasteiger partial charge in [-0.1, -0.05) is 45.8 Å². The molecule has 0 aliphatic heterocycles. The van der Waals surface area contributed by atoms with E-state index in [2.05, 4.69) is 10.1 Å². The van der Waals surface area contributed by atoms with Crippen LogP contribution in [-0.4, -0.2) is 23.4 Å². The Morgan fingerprint density at radius 2 is 1.68 bits per heavy atom. The van der Waals surface area contributed by atoms with Gasteiger partial charge in [-0.05, 0) is 68.9 Å². The predicted molar refractivity (Wildman–Crippen MR) is 134 cm³/mol. The minimum absolute atomic E-state index is 0.266. The second-order valence-electron chi connectivity index (χ2n) is 10.3. The van der Waals surface area contributed by atoms with Crippen LogP contribution >= 0.6 is 34.5 Å². The van der Waals surface area contributed by atoms with Crippen LogP contribution in [0, 0.1) is 10.8 Å². The summed E-state index contributed by atoms with van der Waals surface area (Å²) in [6.07, 6.45) is 11.2. The van der Waals surface area contributed by atoms with Crippen LogP contribution in [0.25, 0.3) is 11.3 Å². The van der Waals surface area contributed by atoms with E-state index in [9.17, 15) is 0 Å². The topological polar surface area (TPSA) is 57.4 Å². The van der Waals surface area contributed by atoms with Gasteiger partial charge in [0.15, 0.2) is 0 Å². The lowest BCUT2D eigenvalue weighted by Gasteiger charge is -2.53. The van der Waals surface area contributed by atoms with Crippen molar-refractivity contribution in [2.75, 3.05) is 13.2 Å². The first kappa shape index (κ1) is 22.8. The van der Waals surface area contributed by atoms with Crippen LogP contribution in [0.3, 0.4) is 0 Å². The number of hydrogen-bond acceptors (Lipinski definition) is 6. The standard InChI is InChI=1S/C26H28Cl2N2O3S/c27-19-2-1-3-20(28)21(19)22-18(23(33-30-22)17-4-5-17)14-31-15-25-6-9-26(10-7-25,11-8-25)16-32-24-29-12-13-34-24/h1-3,12-13,17H,4-11,14-16H2. The quantitative estimate of drug-likeness (QED) is 0.287. The number of hydrogen-bond donors (Lipinski definition) is 0. The molecule has 4 saturated carbocycles. The van der Waals surface area contributed by atoms with E-state index in [1.807, 2.05) is 23.6 Å². The average molecular weight is 519 g/mol. The van der Waals surface area contributed by atoms with Crippen molar-refractivity contribution in [2.45, 2.75) is 63.9 Å². The smallest absolute Gasteiger partial charge is 0.273 e. The molecule has 8 heteroatoms. The summed E-state index contributed by atoms with van der Waals surface area (Å²) in [6.45, 7) is 2.03. The number of rotatable bonds is 9. The van der Waals surface area contributed by atoms with Gasteiger partial charge >= 0.3 is 0 Å². The SMILES string of the molecule is Clc1cccc(Cl)c1-c1noc(C2CC2)c1COCC12CCC(COc3nccs3)(CC1)CC2. The summed E-state index contributed by atoms with van der Waals surface area (Å²) in [6, 6.07) is 5.53. The molecule has 2 heterocycles. The zero-order valence-corrected chi connectivity index (χ0v) is 21.4. The van der Waals surface area contributed by atoms with E-state index in [0.717, 1.165) is 53.8 Å². The summed E-state index contributed by atoms with van der Waals surface area (Å²) in [5, 5.41) is 8.30. The molecule has 7 rings (SSSR count). The fraction of sp³-hybridized carbons (Fsp3) is 0.538. The van der Waals surface area contributed by atoms with E-state index in [0.29, 0.717) is 28.0 Å². The highest BCUT2D eigenvalue weighted by atomic mass is 35.5. The summed E-state index contributed by atoms with van der Waals surface area (Å²) < 4.78 is 18.2. The van der Waals surface area contributed by atoms with Gasteiger partial charge in [0, 0.05) is 34.0 Å². The Kier molecular flexibility index (Phi) is 6.13. The third kappa shape index (κ3) is 4.39. The molecule has 4 fully saturated rings. The summed E-state index contributed by atoms with van der Waals surface area (Å²) in [7, 11) is 0. The van der Waals surface area contributed by atoms with Crippen LogP contribution in [0.5, 0.6) is 5.19 Å². The Balaban J connectivity index is 1.12. The molecule has 0 unspecified atom stereocenters. The lowest BCUT2D eigenvalue weighted by Crippen LogP contribution is -2.46. The van der Waals surface area contributed by atoms with Gasteiger partial charge < -0.3 is 14.0 Å². The van der Waals surface area contributed by atoms with Crippen LogP contribution in [-0.2, 0) is 11.3 Å². The molecule has 0 amide bonds. The molecule has 5 nitrogen and oxygen atoms in total. The molecule has 0 radical (unpaired) electrons. The van der Waals surface area contributed by atoms with Crippen molar-refractivity contribution < 1.29 is 14.0 Å². The Morgan fingerprint density at radius 3 is 2.29 bits per heavy atom. The molecule has 0 spiro atoms. The van der Waals surface area contributed by atoms with Crippen molar-refractivity contribution in [3.63, 3.8) is 0 Å². The zero-order valence-electron chi connectivity index (χ0n) is 19.0. The van der Waals surface area contributed by atoms with Crippen molar-refractivity contribution in [1.29, 1.82) is 0 Å². The highest BCUT2D eigenvalue weighted by Gasteiger charge is 2.49. The molecule has 0 N–H and O–H groups in total. The van der Waals surface area contributed by atoms with Gasteiger partial charge in [0.2, 0.25) is 0 Å². The first-order chi connectivity index (χ1) is 16.6. The Morgan fingerprint density at radius 1 is 1.00 bits per heavy atom. The Bertz CT molecular complexity index is 1110. The van der Waals surface area contributed by atoms with E-state index in [1.165, 1.54) is 38.5 Å². The molecule has 3 aromatic rings. The third-order valence-corrected chi connectivity index (χ3v) is 9.40. The van der Waals surface area contributed by atoms with Crippen LogP contribution < -0.4 is 4.74 Å². The van der Waals surface area contributed by atoms with Crippen LogP contribution in [0.4, 0.5) is 0 Å². The molecule has 1 aromatic carbocycles. The van der Waals surface area contributed by atoms with Gasteiger partial charge in [-0.15, -0.1) is 0 Å². The molecule has 0 saturated heterocycles. The predicted octanol–water partition coefficient (Wildman–Crippen LogP) is 7.92. The zero-order chi connectivity index (χ0) is 23.2. The van der Waals surface area contributed by atoms with Crippen LogP contribution in [0.2, 0.25) is 10.0 Å². The fourth-order valence-corrected chi connectivity index (χ4v) is 6.75.